The molecular formula is C19H15F3O4. The molecule has 0 saturated carbocycles. The molecule has 1 aliphatic rings. The molecule has 1 atom stereocenters. The Morgan fingerprint density at radius 2 is 1.88 bits per heavy atom. The number of carbonyl (C=O) groups is 1. The van der Waals surface area contributed by atoms with Gasteiger partial charge in [-0.3, -0.25) is 0 Å². The Bertz CT molecular complexity index is 900. The van der Waals surface area contributed by atoms with E-state index in [0.717, 1.165) is 17.2 Å². The zero-order valence-electron chi connectivity index (χ0n) is 13.9. The summed E-state index contributed by atoms with van der Waals surface area (Å²) >= 11 is 0. The highest BCUT2D eigenvalue weighted by Crippen LogP contribution is 2.39. The number of halogens is 3. The number of hydrogen-bond donors (Lipinski definition) is 1. The van der Waals surface area contributed by atoms with E-state index in [4.69, 9.17) is 14.6 Å². The third-order valence-corrected chi connectivity index (χ3v) is 3.93. The van der Waals surface area contributed by atoms with E-state index in [1.807, 2.05) is 26.0 Å². The van der Waals surface area contributed by atoms with Crippen LogP contribution >= 0.6 is 0 Å². The number of carboxylic acid groups (broad SMARTS) is 1. The summed E-state index contributed by atoms with van der Waals surface area (Å²) in [6.07, 6.45) is -6.39. The van der Waals surface area contributed by atoms with Crippen LogP contribution in [0.25, 0.3) is 6.08 Å². The van der Waals surface area contributed by atoms with E-state index in [9.17, 15) is 18.0 Å². The van der Waals surface area contributed by atoms with Crippen molar-refractivity contribution < 1.29 is 32.5 Å². The fraction of sp³-hybridized carbons (Fsp3) is 0.211. The minimum absolute atomic E-state index is 0.0837. The van der Waals surface area contributed by atoms with Gasteiger partial charge in [0.25, 0.3) is 0 Å². The third kappa shape index (κ3) is 3.51. The first-order valence-corrected chi connectivity index (χ1v) is 7.72. The number of carboxylic acids is 1. The smallest absolute Gasteiger partial charge is 0.430 e. The van der Waals surface area contributed by atoms with Gasteiger partial charge in [0.1, 0.15) is 17.2 Å². The molecule has 0 radical (unpaired) electrons. The molecule has 2 aromatic rings. The van der Waals surface area contributed by atoms with Crippen LogP contribution in [-0.2, 0) is 4.79 Å². The zero-order chi connectivity index (χ0) is 19.1. The molecule has 1 aliphatic heterocycles. The number of ether oxygens (including phenoxy) is 2. The van der Waals surface area contributed by atoms with Crippen molar-refractivity contribution in [2.45, 2.75) is 26.1 Å². The van der Waals surface area contributed by atoms with E-state index in [2.05, 4.69) is 0 Å². The molecule has 0 aliphatic carbocycles. The predicted octanol–water partition coefficient (Wildman–Crippen LogP) is 4.89. The van der Waals surface area contributed by atoms with Crippen molar-refractivity contribution in [2.75, 3.05) is 0 Å². The molecule has 0 aromatic heterocycles. The summed E-state index contributed by atoms with van der Waals surface area (Å²) < 4.78 is 50.0. The van der Waals surface area contributed by atoms with E-state index in [0.29, 0.717) is 11.5 Å². The van der Waals surface area contributed by atoms with Gasteiger partial charge in [-0.25, -0.2) is 4.79 Å². The van der Waals surface area contributed by atoms with Gasteiger partial charge < -0.3 is 14.6 Å². The van der Waals surface area contributed by atoms with Gasteiger partial charge in [-0.05, 0) is 43.7 Å². The van der Waals surface area contributed by atoms with E-state index in [1.54, 1.807) is 12.1 Å². The molecule has 0 amide bonds. The van der Waals surface area contributed by atoms with Crippen LogP contribution in [0.4, 0.5) is 13.2 Å². The lowest BCUT2D eigenvalue weighted by atomic mass is 10.0. The first kappa shape index (κ1) is 17.8. The molecule has 136 valence electrons. The number of aryl methyl sites for hydroxylation is 2. The first-order chi connectivity index (χ1) is 12.1. The molecule has 1 heterocycles. The van der Waals surface area contributed by atoms with Crippen molar-refractivity contribution >= 4 is 12.0 Å². The number of benzene rings is 2. The average Bonchev–Trinajstić information content (AvgIpc) is 2.55. The fourth-order valence-corrected chi connectivity index (χ4v) is 2.69. The molecule has 3 rings (SSSR count). The summed E-state index contributed by atoms with van der Waals surface area (Å²) in [6.45, 7) is 3.80. The topological polar surface area (TPSA) is 55.8 Å². The number of fused-ring (bicyclic) bond motifs is 1. The van der Waals surface area contributed by atoms with Crippen molar-refractivity contribution in [1.82, 2.24) is 0 Å². The molecular weight excluding hydrogens is 349 g/mol. The molecule has 2 aromatic carbocycles. The maximum Gasteiger partial charge on any atom is 0.430 e. The highest BCUT2D eigenvalue weighted by atomic mass is 19.4. The summed E-state index contributed by atoms with van der Waals surface area (Å²) in [5.74, 6) is -0.891. The van der Waals surface area contributed by atoms with Gasteiger partial charge in [0, 0.05) is 11.6 Å². The van der Waals surface area contributed by atoms with Crippen LogP contribution in [0.1, 0.15) is 16.7 Å². The zero-order valence-corrected chi connectivity index (χ0v) is 13.9. The standard InChI is InChI=1S/C19H15F3O4/c1-10-3-6-15(11(2)7-10)25-13-5-4-12-8-14(18(23)24)17(19(20,21)22)26-16(12)9-13/h3-9,17H,1-2H3,(H,23,24). The number of hydrogen-bond acceptors (Lipinski definition) is 3. The molecule has 0 spiro atoms. The van der Waals surface area contributed by atoms with E-state index >= 15 is 0 Å². The number of aliphatic carboxylic acids is 1. The first-order valence-electron chi connectivity index (χ1n) is 7.72. The lowest BCUT2D eigenvalue weighted by Crippen LogP contribution is -2.40. The van der Waals surface area contributed by atoms with Crippen LogP contribution < -0.4 is 9.47 Å². The SMILES string of the molecule is Cc1ccc(Oc2ccc3c(c2)OC(C(F)(F)F)C(C(=O)O)=C3)c(C)c1. The Kier molecular flexibility index (Phi) is 4.39. The van der Waals surface area contributed by atoms with Gasteiger partial charge in [0.05, 0.1) is 5.57 Å². The highest BCUT2D eigenvalue weighted by molar-refractivity contribution is 5.95. The fourth-order valence-electron chi connectivity index (χ4n) is 2.69. The van der Waals surface area contributed by atoms with Gasteiger partial charge in [0.15, 0.2) is 0 Å². The van der Waals surface area contributed by atoms with Gasteiger partial charge in [-0.15, -0.1) is 0 Å². The largest absolute Gasteiger partial charge is 0.478 e. The average molecular weight is 364 g/mol. The maximum atomic E-state index is 13.1. The number of alkyl halides is 3. The monoisotopic (exact) mass is 364 g/mol. The van der Waals surface area contributed by atoms with E-state index < -0.39 is 23.8 Å². The Morgan fingerprint density at radius 3 is 2.50 bits per heavy atom. The quantitative estimate of drug-likeness (QED) is 0.843. The second kappa shape index (κ2) is 6.40. The van der Waals surface area contributed by atoms with Crippen molar-refractivity contribution in [3.05, 3.63) is 58.7 Å². The van der Waals surface area contributed by atoms with Crippen molar-refractivity contribution in [3.8, 4) is 17.2 Å². The molecule has 1 unspecified atom stereocenters. The molecule has 0 saturated heterocycles. The van der Waals surface area contributed by atoms with Crippen LogP contribution in [0.15, 0.2) is 42.0 Å². The van der Waals surface area contributed by atoms with Crippen LogP contribution in [0.3, 0.4) is 0 Å². The van der Waals surface area contributed by atoms with Crippen LogP contribution in [0, 0.1) is 13.8 Å². The normalized spacial score (nSPS) is 16.3. The van der Waals surface area contributed by atoms with Crippen LogP contribution in [0.2, 0.25) is 0 Å². The van der Waals surface area contributed by atoms with Gasteiger partial charge >= 0.3 is 12.1 Å². The Morgan fingerprint density at radius 1 is 1.15 bits per heavy atom. The molecule has 4 nitrogen and oxygen atoms in total. The minimum atomic E-state index is -4.84. The summed E-state index contributed by atoms with van der Waals surface area (Å²) in [5.41, 5.74) is 1.33. The van der Waals surface area contributed by atoms with Crippen molar-refractivity contribution in [1.29, 1.82) is 0 Å². The van der Waals surface area contributed by atoms with E-state index in [1.165, 1.54) is 12.1 Å². The maximum absolute atomic E-state index is 13.1. The van der Waals surface area contributed by atoms with Crippen molar-refractivity contribution in [3.63, 3.8) is 0 Å². The molecule has 1 N–H and O–H groups in total. The molecule has 0 fully saturated rings. The summed E-state index contributed by atoms with van der Waals surface area (Å²) in [4.78, 5) is 11.1. The number of rotatable bonds is 3. The Labute approximate surface area is 147 Å². The van der Waals surface area contributed by atoms with Crippen LogP contribution in [-0.4, -0.2) is 23.4 Å². The lowest BCUT2D eigenvalue weighted by molar-refractivity contribution is -0.187. The van der Waals surface area contributed by atoms with Crippen LogP contribution in [0.5, 0.6) is 17.2 Å². The van der Waals surface area contributed by atoms with Crippen molar-refractivity contribution in [2.24, 2.45) is 0 Å². The molecule has 0 bridgehead atoms. The Hall–Kier alpha value is -2.96. The lowest BCUT2D eigenvalue weighted by Gasteiger charge is -2.27. The summed E-state index contributed by atoms with van der Waals surface area (Å²) in [7, 11) is 0. The molecule has 26 heavy (non-hydrogen) atoms. The van der Waals surface area contributed by atoms with Gasteiger partial charge in [-0.2, -0.15) is 13.2 Å². The van der Waals surface area contributed by atoms with E-state index in [-0.39, 0.29) is 11.3 Å². The predicted molar refractivity (Wildman–Crippen MR) is 88.5 cm³/mol. The second-order valence-corrected chi connectivity index (χ2v) is 6.01. The van der Waals surface area contributed by atoms with Gasteiger partial charge in [0.2, 0.25) is 6.10 Å². The second-order valence-electron chi connectivity index (χ2n) is 6.01. The minimum Gasteiger partial charge on any atom is -0.478 e. The molecule has 7 heteroatoms. The summed E-state index contributed by atoms with van der Waals surface area (Å²) in [5, 5.41) is 9.03. The third-order valence-electron chi connectivity index (χ3n) is 3.93. The summed E-state index contributed by atoms with van der Waals surface area (Å²) in [6, 6.07) is 9.88. The Balaban J connectivity index is 1.95. The van der Waals surface area contributed by atoms with Gasteiger partial charge in [-0.1, -0.05) is 17.7 Å². The highest BCUT2D eigenvalue weighted by Gasteiger charge is 2.48.